The fourth-order valence-corrected chi connectivity index (χ4v) is 2.47. The molecule has 0 atom stereocenters. The summed E-state index contributed by atoms with van der Waals surface area (Å²) >= 11 is 3.49. The van der Waals surface area contributed by atoms with Crippen LogP contribution < -0.4 is 10.6 Å². The zero-order valence-electron chi connectivity index (χ0n) is 14.3. The molecule has 0 fully saturated rings. The van der Waals surface area contributed by atoms with E-state index in [0.29, 0.717) is 12.1 Å². The van der Waals surface area contributed by atoms with E-state index in [1.54, 1.807) is 12.4 Å². The van der Waals surface area contributed by atoms with Crippen LogP contribution in [0.4, 0.5) is 11.4 Å². The third kappa shape index (κ3) is 5.62. The standard InChI is InChI=1S/C18H23BrN4O/c1-13-9-15(5-6-17(13)19)22-16-10-14(11-20-12-16)18(24)21-7-4-8-23(2)3/h5-6,9-12,22H,4,7-8H2,1-3H3,(H,21,24). The Balaban J connectivity index is 1.97. The van der Waals surface area contributed by atoms with Gasteiger partial charge in [0.1, 0.15) is 0 Å². The van der Waals surface area contributed by atoms with Crippen LogP contribution in [0.1, 0.15) is 22.3 Å². The van der Waals surface area contributed by atoms with Crippen molar-refractivity contribution in [2.45, 2.75) is 13.3 Å². The molecule has 1 amide bonds. The Kier molecular flexibility index (Phi) is 6.75. The molecule has 0 saturated heterocycles. The number of carbonyl (C=O) groups excluding carboxylic acids is 1. The SMILES string of the molecule is Cc1cc(Nc2cncc(C(=O)NCCCN(C)C)c2)ccc1Br. The summed E-state index contributed by atoms with van der Waals surface area (Å²) in [6, 6.07) is 7.82. The van der Waals surface area contributed by atoms with E-state index in [1.165, 1.54) is 0 Å². The molecule has 0 saturated carbocycles. The maximum Gasteiger partial charge on any atom is 0.252 e. The summed E-state index contributed by atoms with van der Waals surface area (Å²) in [5.74, 6) is -0.100. The Morgan fingerprint density at radius 2 is 2.00 bits per heavy atom. The summed E-state index contributed by atoms with van der Waals surface area (Å²) in [4.78, 5) is 18.4. The van der Waals surface area contributed by atoms with Gasteiger partial charge in [-0.15, -0.1) is 0 Å². The predicted molar refractivity (Wildman–Crippen MR) is 102 cm³/mol. The molecular weight excluding hydrogens is 368 g/mol. The molecule has 0 spiro atoms. The van der Waals surface area contributed by atoms with Crippen LogP contribution in [0, 0.1) is 6.92 Å². The van der Waals surface area contributed by atoms with Gasteiger partial charge in [-0.3, -0.25) is 9.78 Å². The number of anilines is 2. The van der Waals surface area contributed by atoms with Gasteiger partial charge in [0, 0.05) is 22.9 Å². The number of hydrogen-bond donors (Lipinski definition) is 2. The first-order chi connectivity index (χ1) is 11.5. The van der Waals surface area contributed by atoms with E-state index in [0.717, 1.165) is 34.4 Å². The molecule has 0 unspecified atom stereocenters. The molecule has 1 heterocycles. The number of nitrogens with one attached hydrogen (secondary N) is 2. The van der Waals surface area contributed by atoms with Gasteiger partial charge in [0.25, 0.3) is 5.91 Å². The molecule has 0 aliphatic carbocycles. The summed E-state index contributed by atoms with van der Waals surface area (Å²) in [7, 11) is 4.04. The van der Waals surface area contributed by atoms with Crippen LogP contribution in [-0.4, -0.2) is 43.0 Å². The molecule has 128 valence electrons. The van der Waals surface area contributed by atoms with Gasteiger partial charge in [-0.1, -0.05) is 15.9 Å². The third-order valence-corrected chi connectivity index (χ3v) is 4.40. The maximum absolute atomic E-state index is 12.2. The monoisotopic (exact) mass is 390 g/mol. The van der Waals surface area contributed by atoms with E-state index in [4.69, 9.17) is 0 Å². The smallest absolute Gasteiger partial charge is 0.252 e. The number of aromatic nitrogens is 1. The van der Waals surface area contributed by atoms with Crippen molar-refractivity contribution in [3.8, 4) is 0 Å². The minimum atomic E-state index is -0.100. The highest BCUT2D eigenvalue weighted by molar-refractivity contribution is 9.10. The largest absolute Gasteiger partial charge is 0.354 e. The van der Waals surface area contributed by atoms with Gasteiger partial charge in [-0.2, -0.15) is 0 Å². The van der Waals surface area contributed by atoms with Crippen LogP contribution >= 0.6 is 15.9 Å². The summed E-state index contributed by atoms with van der Waals surface area (Å²) in [6.07, 6.45) is 4.21. The van der Waals surface area contributed by atoms with Crippen LogP contribution in [-0.2, 0) is 0 Å². The Labute approximate surface area is 151 Å². The summed E-state index contributed by atoms with van der Waals surface area (Å²) < 4.78 is 1.07. The van der Waals surface area contributed by atoms with Crippen molar-refractivity contribution < 1.29 is 4.79 Å². The second-order valence-electron chi connectivity index (χ2n) is 5.96. The normalized spacial score (nSPS) is 10.7. The Morgan fingerprint density at radius 1 is 1.21 bits per heavy atom. The van der Waals surface area contributed by atoms with Gasteiger partial charge in [-0.05, 0) is 63.8 Å². The van der Waals surface area contributed by atoms with E-state index in [-0.39, 0.29) is 5.91 Å². The average Bonchev–Trinajstić information content (AvgIpc) is 2.55. The topological polar surface area (TPSA) is 57.3 Å². The number of amides is 1. The van der Waals surface area contributed by atoms with Crippen molar-refractivity contribution in [2.75, 3.05) is 32.5 Å². The van der Waals surface area contributed by atoms with E-state index in [2.05, 4.69) is 36.4 Å². The van der Waals surface area contributed by atoms with Gasteiger partial charge in [-0.25, -0.2) is 0 Å². The Bertz CT molecular complexity index is 703. The minimum absolute atomic E-state index is 0.100. The highest BCUT2D eigenvalue weighted by Crippen LogP contribution is 2.23. The second-order valence-corrected chi connectivity index (χ2v) is 6.82. The highest BCUT2D eigenvalue weighted by atomic mass is 79.9. The number of pyridine rings is 1. The molecule has 24 heavy (non-hydrogen) atoms. The quantitative estimate of drug-likeness (QED) is 0.709. The third-order valence-electron chi connectivity index (χ3n) is 3.51. The number of hydrogen-bond acceptors (Lipinski definition) is 4. The van der Waals surface area contributed by atoms with Crippen molar-refractivity contribution in [1.29, 1.82) is 0 Å². The molecule has 0 aliphatic rings. The van der Waals surface area contributed by atoms with Crippen molar-refractivity contribution in [3.05, 3.63) is 52.3 Å². The number of halogens is 1. The summed E-state index contributed by atoms with van der Waals surface area (Å²) in [5.41, 5.74) is 3.44. The van der Waals surface area contributed by atoms with Crippen LogP contribution in [0.25, 0.3) is 0 Å². The van der Waals surface area contributed by atoms with Gasteiger partial charge in [0.2, 0.25) is 0 Å². The molecule has 1 aromatic carbocycles. The fourth-order valence-electron chi connectivity index (χ4n) is 2.22. The zero-order valence-corrected chi connectivity index (χ0v) is 15.9. The van der Waals surface area contributed by atoms with Crippen molar-refractivity contribution in [2.24, 2.45) is 0 Å². The van der Waals surface area contributed by atoms with Crippen molar-refractivity contribution in [3.63, 3.8) is 0 Å². The molecule has 5 nitrogen and oxygen atoms in total. The van der Waals surface area contributed by atoms with Crippen LogP contribution in [0.2, 0.25) is 0 Å². The lowest BCUT2D eigenvalue weighted by molar-refractivity contribution is 0.0952. The summed E-state index contributed by atoms with van der Waals surface area (Å²) in [6.45, 7) is 3.63. The summed E-state index contributed by atoms with van der Waals surface area (Å²) in [5, 5.41) is 6.20. The van der Waals surface area contributed by atoms with Gasteiger partial charge >= 0.3 is 0 Å². The van der Waals surface area contributed by atoms with E-state index < -0.39 is 0 Å². The lowest BCUT2D eigenvalue weighted by Gasteiger charge is -2.11. The van der Waals surface area contributed by atoms with Crippen LogP contribution in [0.15, 0.2) is 41.1 Å². The molecule has 6 heteroatoms. The Hall–Kier alpha value is -1.92. The lowest BCUT2D eigenvalue weighted by atomic mass is 10.2. The lowest BCUT2D eigenvalue weighted by Crippen LogP contribution is -2.27. The molecule has 1 aromatic heterocycles. The van der Waals surface area contributed by atoms with Crippen molar-refractivity contribution >= 4 is 33.2 Å². The van der Waals surface area contributed by atoms with Crippen LogP contribution in [0.5, 0.6) is 0 Å². The van der Waals surface area contributed by atoms with Crippen LogP contribution in [0.3, 0.4) is 0 Å². The minimum Gasteiger partial charge on any atom is -0.354 e. The van der Waals surface area contributed by atoms with E-state index in [9.17, 15) is 4.79 Å². The Morgan fingerprint density at radius 3 is 2.71 bits per heavy atom. The highest BCUT2D eigenvalue weighted by Gasteiger charge is 2.07. The number of carbonyl (C=O) groups is 1. The maximum atomic E-state index is 12.2. The second kappa shape index (κ2) is 8.80. The molecular formula is C18H23BrN4O. The van der Waals surface area contributed by atoms with Gasteiger partial charge in [0.05, 0.1) is 17.4 Å². The molecule has 0 bridgehead atoms. The van der Waals surface area contributed by atoms with Gasteiger partial charge < -0.3 is 15.5 Å². The first-order valence-electron chi connectivity index (χ1n) is 7.87. The average molecular weight is 391 g/mol. The van der Waals surface area contributed by atoms with E-state index >= 15 is 0 Å². The molecule has 0 aliphatic heterocycles. The predicted octanol–water partition coefficient (Wildman–Crippen LogP) is 3.58. The zero-order chi connectivity index (χ0) is 17.5. The number of rotatable bonds is 7. The first-order valence-corrected chi connectivity index (χ1v) is 8.66. The molecule has 2 N–H and O–H groups in total. The molecule has 0 radical (unpaired) electrons. The van der Waals surface area contributed by atoms with E-state index in [1.807, 2.05) is 45.3 Å². The number of aryl methyl sites for hydroxylation is 1. The number of nitrogens with zero attached hydrogens (tertiary/aromatic N) is 2. The molecule has 2 rings (SSSR count). The fraction of sp³-hybridized carbons (Fsp3) is 0.333. The first kappa shape index (κ1) is 18.4. The molecule has 2 aromatic rings. The van der Waals surface area contributed by atoms with Gasteiger partial charge in [0.15, 0.2) is 0 Å². The number of benzene rings is 1. The van der Waals surface area contributed by atoms with Crippen molar-refractivity contribution in [1.82, 2.24) is 15.2 Å².